The van der Waals surface area contributed by atoms with Crippen molar-refractivity contribution in [3.8, 4) is 11.5 Å². The molecule has 6 heteroatoms. The lowest BCUT2D eigenvalue weighted by atomic mass is 9.80. The fraction of sp³-hybridized carbons (Fsp3) is 0.650. The van der Waals surface area contributed by atoms with Crippen LogP contribution in [-0.4, -0.2) is 49.5 Å². The minimum atomic E-state index is -0.593. The fourth-order valence-electron chi connectivity index (χ4n) is 2.89. The van der Waals surface area contributed by atoms with Gasteiger partial charge in [0.05, 0.1) is 25.4 Å². The summed E-state index contributed by atoms with van der Waals surface area (Å²) in [6, 6.07) is 6.07. The van der Waals surface area contributed by atoms with E-state index < -0.39 is 5.60 Å². The Morgan fingerprint density at radius 3 is 2.46 bits per heavy atom. The maximum Gasteiger partial charge on any atom is 0.191 e. The largest absolute Gasteiger partial charge is 0.490 e. The van der Waals surface area contributed by atoms with Crippen molar-refractivity contribution in [2.75, 3.05) is 32.8 Å². The Morgan fingerprint density at radius 1 is 1.12 bits per heavy atom. The second-order valence-corrected chi connectivity index (χ2v) is 6.60. The van der Waals surface area contributed by atoms with Gasteiger partial charge in [-0.3, -0.25) is 4.99 Å². The number of aliphatic hydroxyl groups is 1. The molecule has 1 aromatic rings. The van der Waals surface area contributed by atoms with Crippen molar-refractivity contribution >= 4 is 5.96 Å². The summed E-state index contributed by atoms with van der Waals surface area (Å²) in [6.07, 6.45) is 3.64. The predicted molar refractivity (Wildman–Crippen MR) is 105 cm³/mol. The van der Waals surface area contributed by atoms with Crippen LogP contribution in [0, 0.1) is 0 Å². The molecule has 1 aliphatic carbocycles. The van der Waals surface area contributed by atoms with Gasteiger partial charge in [0.2, 0.25) is 0 Å². The van der Waals surface area contributed by atoms with E-state index in [9.17, 15) is 5.11 Å². The van der Waals surface area contributed by atoms with Gasteiger partial charge < -0.3 is 25.2 Å². The molecule has 26 heavy (non-hydrogen) atoms. The van der Waals surface area contributed by atoms with Crippen molar-refractivity contribution in [2.45, 2.75) is 52.1 Å². The number of aliphatic imine (C=N–C) groups is 1. The van der Waals surface area contributed by atoms with E-state index in [0.717, 1.165) is 56.2 Å². The maximum atomic E-state index is 10.2. The Morgan fingerprint density at radius 2 is 1.85 bits per heavy atom. The Kier molecular flexibility index (Phi) is 8.04. The van der Waals surface area contributed by atoms with Gasteiger partial charge in [-0.15, -0.1) is 0 Å². The highest BCUT2D eigenvalue weighted by Gasteiger charge is 2.34. The number of guanidine groups is 1. The molecule has 0 unspecified atom stereocenters. The zero-order chi connectivity index (χ0) is 18.8. The molecule has 0 aromatic heterocycles. The molecule has 146 valence electrons. The molecule has 0 bridgehead atoms. The normalized spacial score (nSPS) is 15.9. The van der Waals surface area contributed by atoms with E-state index in [2.05, 4.69) is 21.7 Å². The van der Waals surface area contributed by atoms with E-state index in [-0.39, 0.29) is 0 Å². The number of nitrogens with one attached hydrogen (secondary N) is 2. The Balaban J connectivity index is 1.89. The van der Waals surface area contributed by atoms with Crippen LogP contribution in [0.3, 0.4) is 0 Å². The van der Waals surface area contributed by atoms with Gasteiger partial charge in [-0.2, -0.15) is 0 Å². The molecule has 0 aliphatic heterocycles. The molecular weight excluding hydrogens is 330 g/mol. The molecule has 1 fully saturated rings. The molecule has 6 nitrogen and oxygen atoms in total. The number of nitrogens with zero attached hydrogens (tertiary/aromatic N) is 1. The summed E-state index contributed by atoms with van der Waals surface area (Å²) >= 11 is 0. The second-order valence-electron chi connectivity index (χ2n) is 6.60. The van der Waals surface area contributed by atoms with Crippen molar-refractivity contribution < 1.29 is 14.6 Å². The topological polar surface area (TPSA) is 75.1 Å². The molecule has 1 saturated carbocycles. The zero-order valence-electron chi connectivity index (χ0n) is 16.3. The smallest absolute Gasteiger partial charge is 0.191 e. The average molecular weight is 364 g/mol. The van der Waals surface area contributed by atoms with Crippen LogP contribution in [0.15, 0.2) is 23.2 Å². The summed E-state index contributed by atoms with van der Waals surface area (Å²) in [7, 11) is 0. The van der Waals surface area contributed by atoms with Crippen LogP contribution in [0.25, 0.3) is 0 Å². The van der Waals surface area contributed by atoms with E-state index in [1.165, 1.54) is 5.56 Å². The SMILES string of the molecule is CCNC(=NCC1(O)CCC1)NCCc1ccc(OCC)c(OCC)c1. The summed E-state index contributed by atoms with van der Waals surface area (Å²) in [6.45, 7) is 9.22. The van der Waals surface area contributed by atoms with Gasteiger partial charge in [0, 0.05) is 13.1 Å². The third-order valence-electron chi connectivity index (χ3n) is 4.47. The van der Waals surface area contributed by atoms with Crippen LogP contribution in [-0.2, 0) is 6.42 Å². The van der Waals surface area contributed by atoms with E-state index in [4.69, 9.17) is 9.47 Å². The molecule has 1 aromatic carbocycles. The Hall–Kier alpha value is -1.95. The molecule has 0 spiro atoms. The molecule has 2 rings (SSSR count). The van der Waals surface area contributed by atoms with Gasteiger partial charge in [0.15, 0.2) is 17.5 Å². The molecular formula is C20H33N3O3. The van der Waals surface area contributed by atoms with Crippen LogP contribution in [0.2, 0.25) is 0 Å². The lowest BCUT2D eigenvalue weighted by Crippen LogP contribution is -2.43. The molecule has 0 amide bonds. The first-order valence-electron chi connectivity index (χ1n) is 9.73. The molecule has 0 saturated heterocycles. The molecule has 1 aliphatic rings. The molecule has 3 N–H and O–H groups in total. The summed E-state index contributed by atoms with van der Waals surface area (Å²) in [5, 5.41) is 16.8. The second kappa shape index (κ2) is 10.3. The monoisotopic (exact) mass is 363 g/mol. The highest BCUT2D eigenvalue weighted by Crippen LogP contribution is 2.31. The van der Waals surface area contributed by atoms with Crippen molar-refractivity contribution in [1.29, 1.82) is 0 Å². The van der Waals surface area contributed by atoms with Crippen LogP contribution in [0.4, 0.5) is 0 Å². The minimum absolute atomic E-state index is 0.458. The summed E-state index contributed by atoms with van der Waals surface area (Å²) < 4.78 is 11.3. The first-order chi connectivity index (χ1) is 12.6. The van der Waals surface area contributed by atoms with E-state index in [1.54, 1.807) is 0 Å². The Labute approximate surface area is 157 Å². The van der Waals surface area contributed by atoms with Crippen molar-refractivity contribution in [2.24, 2.45) is 4.99 Å². The van der Waals surface area contributed by atoms with E-state index in [0.29, 0.717) is 19.8 Å². The summed E-state index contributed by atoms with van der Waals surface area (Å²) in [5.41, 5.74) is 0.585. The minimum Gasteiger partial charge on any atom is -0.490 e. The molecule has 0 atom stereocenters. The van der Waals surface area contributed by atoms with Gasteiger partial charge in [0.1, 0.15) is 0 Å². The van der Waals surface area contributed by atoms with Crippen molar-refractivity contribution in [1.82, 2.24) is 10.6 Å². The van der Waals surface area contributed by atoms with Gasteiger partial charge in [-0.05, 0) is 64.2 Å². The average Bonchev–Trinajstić information content (AvgIpc) is 2.60. The standard InChI is InChI=1S/C20H33N3O3/c1-4-21-19(23-15-20(24)11-7-12-20)22-13-10-16-8-9-17(25-5-2)18(14-16)26-6-3/h8-9,14,24H,4-7,10-13,15H2,1-3H3,(H2,21,22,23). The predicted octanol–water partition coefficient (Wildman–Crippen LogP) is 2.50. The number of hydrogen-bond donors (Lipinski definition) is 3. The van der Waals surface area contributed by atoms with E-state index >= 15 is 0 Å². The quantitative estimate of drug-likeness (QED) is 0.440. The van der Waals surface area contributed by atoms with Crippen molar-refractivity contribution in [3.05, 3.63) is 23.8 Å². The van der Waals surface area contributed by atoms with E-state index in [1.807, 2.05) is 32.9 Å². The highest BCUT2D eigenvalue weighted by molar-refractivity contribution is 5.79. The zero-order valence-corrected chi connectivity index (χ0v) is 16.3. The maximum absolute atomic E-state index is 10.2. The number of hydrogen-bond acceptors (Lipinski definition) is 4. The highest BCUT2D eigenvalue weighted by atomic mass is 16.5. The van der Waals surface area contributed by atoms with Gasteiger partial charge in [-0.1, -0.05) is 6.07 Å². The molecule has 0 radical (unpaired) electrons. The Bertz CT molecular complexity index is 586. The summed E-state index contributed by atoms with van der Waals surface area (Å²) in [4.78, 5) is 4.52. The molecule has 0 heterocycles. The lowest BCUT2D eigenvalue weighted by molar-refractivity contribution is -0.0236. The van der Waals surface area contributed by atoms with Crippen LogP contribution in [0.1, 0.15) is 45.6 Å². The van der Waals surface area contributed by atoms with Gasteiger partial charge in [0.25, 0.3) is 0 Å². The number of benzene rings is 1. The number of ether oxygens (including phenoxy) is 2. The third-order valence-corrected chi connectivity index (χ3v) is 4.47. The third kappa shape index (κ3) is 6.09. The van der Waals surface area contributed by atoms with Crippen molar-refractivity contribution in [3.63, 3.8) is 0 Å². The van der Waals surface area contributed by atoms with Crippen LogP contribution in [0.5, 0.6) is 11.5 Å². The van der Waals surface area contributed by atoms with Gasteiger partial charge in [-0.25, -0.2) is 0 Å². The summed E-state index contributed by atoms with van der Waals surface area (Å²) in [5.74, 6) is 2.33. The number of rotatable bonds is 10. The first kappa shape index (κ1) is 20.4. The van der Waals surface area contributed by atoms with Crippen LogP contribution < -0.4 is 20.1 Å². The van der Waals surface area contributed by atoms with Gasteiger partial charge >= 0.3 is 0 Å². The van der Waals surface area contributed by atoms with Crippen LogP contribution >= 0.6 is 0 Å². The first-order valence-corrected chi connectivity index (χ1v) is 9.73. The lowest BCUT2D eigenvalue weighted by Gasteiger charge is -2.35. The fourth-order valence-corrected chi connectivity index (χ4v) is 2.89.